The molecule has 1 N–H and O–H groups in total. The number of carbonyl (C=O) groups is 2. The molecule has 0 aliphatic rings. The highest BCUT2D eigenvalue weighted by Gasteiger charge is 1.93. The Kier molecular flexibility index (Phi) is 5.72. The molecule has 0 aromatic rings. The van der Waals surface area contributed by atoms with Crippen molar-refractivity contribution in [2.45, 2.75) is 19.8 Å². The molecule has 0 bridgehead atoms. The zero-order chi connectivity index (χ0) is 7.82. The molecule has 0 saturated carbocycles. The molecular weight excluding hydrogens is 130 g/mol. The average molecular weight is 142 g/mol. The van der Waals surface area contributed by atoms with Crippen molar-refractivity contribution < 1.29 is 9.59 Å². The molecule has 0 fully saturated rings. The van der Waals surface area contributed by atoms with E-state index in [9.17, 15) is 9.59 Å². The van der Waals surface area contributed by atoms with Crippen LogP contribution in [0, 0.1) is 6.42 Å². The van der Waals surface area contributed by atoms with Gasteiger partial charge in [0.25, 0.3) is 5.91 Å². The van der Waals surface area contributed by atoms with Crippen LogP contribution in [-0.4, -0.2) is 18.7 Å². The Morgan fingerprint density at radius 1 is 1.60 bits per heavy atom. The molecular formula is C7H12NO2. The van der Waals surface area contributed by atoms with E-state index in [1.165, 1.54) is 0 Å². The van der Waals surface area contributed by atoms with E-state index < -0.39 is 5.91 Å². The average Bonchev–Trinajstić information content (AvgIpc) is 1.98. The monoisotopic (exact) mass is 142 g/mol. The lowest BCUT2D eigenvalue weighted by Crippen LogP contribution is -2.24. The van der Waals surface area contributed by atoms with Crippen molar-refractivity contribution >= 4 is 12.2 Å². The normalized spacial score (nSPS) is 8.90. The van der Waals surface area contributed by atoms with Gasteiger partial charge in [0.1, 0.15) is 0 Å². The third-order valence-electron chi connectivity index (χ3n) is 1.04. The van der Waals surface area contributed by atoms with Crippen LogP contribution in [0.25, 0.3) is 0 Å². The quantitative estimate of drug-likeness (QED) is 0.341. The third kappa shape index (κ3) is 5.28. The van der Waals surface area contributed by atoms with Crippen molar-refractivity contribution in [2.24, 2.45) is 0 Å². The van der Waals surface area contributed by atoms with Gasteiger partial charge in [-0.25, -0.2) is 0 Å². The summed E-state index contributed by atoms with van der Waals surface area (Å²) in [5.41, 5.74) is 0. The number of carbonyl (C=O) groups excluding carboxylic acids is 2. The minimum Gasteiger partial charge on any atom is -0.350 e. The number of amides is 1. The van der Waals surface area contributed by atoms with Gasteiger partial charge in [-0.15, -0.1) is 0 Å². The first kappa shape index (κ1) is 9.14. The Morgan fingerprint density at radius 3 is 2.80 bits per heavy atom. The molecule has 1 amide bonds. The standard InChI is InChI=1S/C7H12NO2/c1-2-3-4-5-8-7(10)6-9/h3,6H,2,4-5H2,1H3,(H,8,10). The number of unbranched alkanes of at least 4 members (excludes halogenated alkanes) is 2. The predicted molar refractivity (Wildman–Crippen MR) is 38.3 cm³/mol. The molecule has 0 aromatic heterocycles. The summed E-state index contributed by atoms with van der Waals surface area (Å²) in [7, 11) is 0. The van der Waals surface area contributed by atoms with Crippen molar-refractivity contribution in [3.8, 4) is 0 Å². The first-order valence-electron chi connectivity index (χ1n) is 3.36. The minimum absolute atomic E-state index is 0.284. The smallest absolute Gasteiger partial charge is 0.284 e. The molecule has 0 heterocycles. The van der Waals surface area contributed by atoms with E-state index in [2.05, 4.69) is 5.32 Å². The Bertz CT molecular complexity index is 112. The molecule has 0 aromatic carbocycles. The summed E-state index contributed by atoms with van der Waals surface area (Å²) in [6.07, 6.45) is 4.16. The van der Waals surface area contributed by atoms with E-state index in [0.29, 0.717) is 6.54 Å². The van der Waals surface area contributed by atoms with Crippen LogP contribution in [0.2, 0.25) is 0 Å². The van der Waals surface area contributed by atoms with Gasteiger partial charge >= 0.3 is 0 Å². The van der Waals surface area contributed by atoms with Gasteiger partial charge in [0.2, 0.25) is 6.29 Å². The third-order valence-corrected chi connectivity index (χ3v) is 1.04. The lowest BCUT2D eigenvalue weighted by Gasteiger charge is -1.97. The van der Waals surface area contributed by atoms with Crippen LogP contribution >= 0.6 is 0 Å². The van der Waals surface area contributed by atoms with E-state index in [0.717, 1.165) is 12.8 Å². The van der Waals surface area contributed by atoms with Crippen LogP contribution < -0.4 is 5.32 Å². The molecule has 3 nitrogen and oxygen atoms in total. The van der Waals surface area contributed by atoms with Crippen LogP contribution in [0.3, 0.4) is 0 Å². The zero-order valence-electron chi connectivity index (χ0n) is 6.09. The molecule has 10 heavy (non-hydrogen) atoms. The number of aldehydes is 1. The second kappa shape index (κ2) is 6.26. The second-order valence-electron chi connectivity index (χ2n) is 1.89. The molecule has 0 rings (SSSR count). The SMILES string of the molecule is CC[CH]CCNC(=O)C=O. The lowest BCUT2D eigenvalue weighted by molar-refractivity contribution is -0.131. The Balaban J connectivity index is 3.03. The van der Waals surface area contributed by atoms with Crippen LogP contribution in [0.4, 0.5) is 0 Å². The first-order chi connectivity index (χ1) is 4.81. The van der Waals surface area contributed by atoms with E-state index in [1.807, 2.05) is 13.3 Å². The fourth-order valence-corrected chi connectivity index (χ4v) is 0.543. The van der Waals surface area contributed by atoms with E-state index in [-0.39, 0.29) is 6.29 Å². The Morgan fingerprint density at radius 2 is 2.30 bits per heavy atom. The van der Waals surface area contributed by atoms with Crippen molar-refractivity contribution in [3.63, 3.8) is 0 Å². The molecule has 3 heteroatoms. The minimum atomic E-state index is -0.537. The van der Waals surface area contributed by atoms with Gasteiger partial charge in [-0.2, -0.15) is 0 Å². The summed E-state index contributed by atoms with van der Waals surface area (Å²) >= 11 is 0. The summed E-state index contributed by atoms with van der Waals surface area (Å²) < 4.78 is 0. The molecule has 0 aliphatic carbocycles. The predicted octanol–water partition coefficient (Wildman–Crippen LogP) is 0.306. The first-order valence-corrected chi connectivity index (χ1v) is 3.36. The molecule has 57 valence electrons. The molecule has 0 saturated heterocycles. The van der Waals surface area contributed by atoms with Gasteiger partial charge in [0, 0.05) is 6.54 Å². The summed E-state index contributed by atoms with van der Waals surface area (Å²) in [4.78, 5) is 20.0. The summed E-state index contributed by atoms with van der Waals surface area (Å²) in [6.45, 7) is 2.59. The zero-order valence-corrected chi connectivity index (χ0v) is 6.09. The summed E-state index contributed by atoms with van der Waals surface area (Å²) in [5.74, 6) is -0.537. The van der Waals surface area contributed by atoms with Crippen molar-refractivity contribution in [1.29, 1.82) is 0 Å². The highest BCUT2D eigenvalue weighted by atomic mass is 16.2. The van der Waals surface area contributed by atoms with Crippen LogP contribution in [0.5, 0.6) is 0 Å². The Hall–Kier alpha value is -0.860. The highest BCUT2D eigenvalue weighted by molar-refractivity contribution is 6.23. The van der Waals surface area contributed by atoms with Crippen LogP contribution in [0.1, 0.15) is 19.8 Å². The van der Waals surface area contributed by atoms with Gasteiger partial charge in [-0.3, -0.25) is 9.59 Å². The number of hydrogen-bond acceptors (Lipinski definition) is 2. The molecule has 0 spiro atoms. The summed E-state index contributed by atoms with van der Waals surface area (Å²) in [6, 6.07) is 0. The summed E-state index contributed by atoms with van der Waals surface area (Å²) in [5, 5.41) is 2.43. The topological polar surface area (TPSA) is 46.2 Å². The lowest BCUT2D eigenvalue weighted by atomic mass is 10.2. The van der Waals surface area contributed by atoms with Gasteiger partial charge in [0.15, 0.2) is 0 Å². The van der Waals surface area contributed by atoms with Gasteiger partial charge < -0.3 is 5.32 Å². The number of hydrogen-bond donors (Lipinski definition) is 1. The maximum atomic E-state index is 10.3. The van der Waals surface area contributed by atoms with E-state index in [4.69, 9.17) is 0 Å². The largest absolute Gasteiger partial charge is 0.350 e. The van der Waals surface area contributed by atoms with E-state index in [1.54, 1.807) is 0 Å². The number of rotatable bonds is 5. The maximum Gasteiger partial charge on any atom is 0.284 e. The van der Waals surface area contributed by atoms with Gasteiger partial charge in [-0.1, -0.05) is 13.3 Å². The molecule has 0 unspecified atom stereocenters. The van der Waals surface area contributed by atoms with Crippen molar-refractivity contribution in [3.05, 3.63) is 6.42 Å². The second-order valence-corrected chi connectivity index (χ2v) is 1.89. The van der Waals surface area contributed by atoms with Crippen LogP contribution in [0.15, 0.2) is 0 Å². The molecule has 1 radical (unpaired) electrons. The van der Waals surface area contributed by atoms with Crippen LogP contribution in [-0.2, 0) is 9.59 Å². The van der Waals surface area contributed by atoms with E-state index >= 15 is 0 Å². The fraction of sp³-hybridized carbons (Fsp3) is 0.571. The van der Waals surface area contributed by atoms with Gasteiger partial charge in [0.05, 0.1) is 0 Å². The maximum absolute atomic E-state index is 10.3. The fourth-order valence-electron chi connectivity index (χ4n) is 0.543. The number of nitrogens with one attached hydrogen (secondary N) is 1. The van der Waals surface area contributed by atoms with Crippen molar-refractivity contribution in [1.82, 2.24) is 5.32 Å². The molecule has 0 aliphatic heterocycles. The van der Waals surface area contributed by atoms with Gasteiger partial charge in [-0.05, 0) is 12.8 Å². The molecule has 0 atom stereocenters. The Labute approximate surface area is 60.8 Å². The van der Waals surface area contributed by atoms with Crippen molar-refractivity contribution in [2.75, 3.05) is 6.54 Å². The highest BCUT2D eigenvalue weighted by Crippen LogP contribution is 1.88.